The fraction of sp³-hybridized carbons (Fsp3) is 0.333. The predicted molar refractivity (Wildman–Crippen MR) is 84.2 cm³/mol. The lowest BCUT2D eigenvalue weighted by Gasteiger charge is -2.45. The van der Waals surface area contributed by atoms with Crippen LogP contribution in [0.5, 0.6) is 0 Å². The Kier molecular flexibility index (Phi) is 2.46. The van der Waals surface area contributed by atoms with Crippen LogP contribution >= 0.6 is 0 Å². The van der Waals surface area contributed by atoms with Crippen molar-refractivity contribution >= 4 is 8.07 Å². The van der Waals surface area contributed by atoms with E-state index < -0.39 is 8.07 Å². The Morgan fingerprint density at radius 2 is 1.42 bits per heavy atom. The third kappa shape index (κ3) is 1.45. The molecule has 1 aliphatic heterocycles. The van der Waals surface area contributed by atoms with Gasteiger partial charge < -0.3 is 0 Å². The Bertz CT molecular complexity index is 574. The molecule has 1 saturated heterocycles. The molecule has 1 fully saturated rings. The normalized spacial score (nSPS) is 19.6. The van der Waals surface area contributed by atoms with Crippen LogP contribution < -0.4 is 0 Å². The van der Waals surface area contributed by atoms with Gasteiger partial charge in [0.25, 0.3) is 0 Å². The van der Waals surface area contributed by atoms with Crippen LogP contribution in [0.15, 0.2) is 48.5 Å². The molecule has 0 amide bonds. The molecule has 0 atom stereocenters. The lowest BCUT2D eigenvalue weighted by atomic mass is 10.1. The van der Waals surface area contributed by atoms with E-state index in [1.165, 1.54) is 35.7 Å². The minimum atomic E-state index is -1.09. The first-order chi connectivity index (χ1) is 9.36. The van der Waals surface area contributed by atoms with Gasteiger partial charge in [-0.3, -0.25) is 0 Å². The zero-order valence-corrected chi connectivity index (χ0v) is 12.5. The molecule has 96 valence electrons. The first kappa shape index (κ1) is 11.5. The van der Waals surface area contributed by atoms with Crippen LogP contribution in [0.2, 0.25) is 18.1 Å². The molecule has 1 heteroatoms. The number of fused-ring (bicyclic) bond motifs is 3. The number of benzene rings is 2. The maximum absolute atomic E-state index is 2.44. The highest BCUT2D eigenvalue weighted by molar-refractivity contribution is 6.84. The average molecular weight is 264 g/mol. The van der Waals surface area contributed by atoms with E-state index in [9.17, 15) is 0 Å². The van der Waals surface area contributed by atoms with E-state index in [0.717, 1.165) is 5.54 Å². The molecule has 0 radical (unpaired) electrons. The Morgan fingerprint density at radius 3 is 1.84 bits per heavy atom. The lowest BCUT2D eigenvalue weighted by Crippen LogP contribution is -2.47. The second-order valence-electron chi connectivity index (χ2n) is 6.18. The van der Waals surface area contributed by atoms with Crippen LogP contribution in [-0.2, 0) is 0 Å². The molecule has 0 nitrogen and oxygen atoms in total. The monoisotopic (exact) mass is 264 g/mol. The van der Waals surface area contributed by atoms with Gasteiger partial charge in [-0.25, -0.2) is 0 Å². The molecule has 0 N–H and O–H groups in total. The number of hydrogen-bond donors (Lipinski definition) is 0. The van der Waals surface area contributed by atoms with Crippen LogP contribution in [0.3, 0.4) is 0 Å². The first-order valence-corrected chi connectivity index (χ1v) is 10.2. The van der Waals surface area contributed by atoms with Gasteiger partial charge in [-0.15, -0.1) is 0 Å². The highest BCUT2D eigenvalue weighted by atomic mass is 28.3. The van der Waals surface area contributed by atoms with Crippen LogP contribution in [-0.4, -0.2) is 8.07 Å². The van der Waals surface area contributed by atoms with Gasteiger partial charge in [-0.05, 0) is 22.3 Å². The van der Waals surface area contributed by atoms with Crippen molar-refractivity contribution in [3.05, 3.63) is 59.7 Å². The van der Waals surface area contributed by atoms with Gasteiger partial charge in [0.2, 0.25) is 0 Å². The summed E-state index contributed by atoms with van der Waals surface area (Å²) < 4.78 is 0. The van der Waals surface area contributed by atoms with Crippen molar-refractivity contribution in [1.29, 1.82) is 0 Å². The molecular weight excluding hydrogens is 244 g/mol. The highest BCUT2D eigenvalue weighted by Crippen LogP contribution is 2.55. The van der Waals surface area contributed by atoms with Gasteiger partial charge in [0.1, 0.15) is 0 Å². The summed E-state index contributed by atoms with van der Waals surface area (Å²) >= 11 is 0. The van der Waals surface area contributed by atoms with Crippen molar-refractivity contribution in [3.63, 3.8) is 0 Å². The van der Waals surface area contributed by atoms with E-state index in [4.69, 9.17) is 0 Å². The summed E-state index contributed by atoms with van der Waals surface area (Å²) in [5.74, 6) is 0. The maximum Gasteiger partial charge on any atom is 0.0662 e. The van der Waals surface area contributed by atoms with E-state index in [1.807, 2.05) is 0 Å². The van der Waals surface area contributed by atoms with Gasteiger partial charge >= 0.3 is 0 Å². The molecule has 2 aliphatic rings. The van der Waals surface area contributed by atoms with E-state index in [-0.39, 0.29) is 0 Å². The van der Waals surface area contributed by atoms with Crippen LogP contribution in [0.25, 0.3) is 11.1 Å². The molecule has 2 aromatic carbocycles. The Labute approximate surface area is 116 Å². The van der Waals surface area contributed by atoms with Crippen molar-refractivity contribution in [2.75, 3.05) is 0 Å². The largest absolute Gasteiger partial charge is 0.0677 e. The smallest absolute Gasteiger partial charge is 0.0662 e. The van der Waals surface area contributed by atoms with Crippen LogP contribution in [0.4, 0.5) is 0 Å². The molecule has 0 saturated carbocycles. The summed E-state index contributed by atoms with van der Waals surface area (Å²) in [6.45, 7) is 2.44. The highest BCUT2D eigenvalue weighted by Gasteiger charge is 2.49. The number of hydrogen-bond acceptors (Lipinski definition) is 0. The van der Waals surface area contributed by atoms with E-state index >= 15 is 0 Å². The van der Waals surface area contributed by atoms with Gasteiger partial charge in [-0.2, -0.15) is 0 Å². The summed E-state index contributed by atoms with van der Waals surface area (Å²) in [5, 5.41) is 0. The molecule has 1 aliphatic carbocycles. The van der Waals surface area contributed by atoms with Crippen LogP contribution in [0.1, 0.15) is 30.0 Å². The van der Waals surface area contributed by atoms with Crippen molar-refractivity contribution in [2.24, 2.45) is 0 Å². The van der Waals surface area contributed by atoms with E-state index in [0.29, 0.717) is 0 Å². The molecule has 0 spiro atoms. The standard InChI is InChI=1S/C18H20Si/c1-2-19(12-7-13-19)18-16-10-5-3-8-14(16)15-9-4-6-11-17(15)18/h3-6,8-11,18H,2,7,12-13H2,1H3. The Balaban J connectivity index is 1.96. The average Bonchev–Trinajstić information content (AvgIpc) is 2.75. The minimum absolute atomic E-state index is 0.777. The molecule has 0 unspecified atom stereocenters. The first-order valence-electron chi connectivity index (χ1n) is 7.54. The molecule has 1 heterocycles. The lowest BCUT2D eigenvalue weighted by molar-refractivity contribution is 0.827. The Hall–Kier alpha value is -1.34. The quantitative estimate of drug-likeness (QED) is 0.653. The second kappa shape index (κ2) is 4.07. The summed E-state index contributed by atoms with van der Waals surface area (Å²) in [5.41, 5.74) is 7.07. The summed E-state index contributed by atoms with van der Waals surface area (Å²) in [7, 11) is -1.09. The van der Waals surface area contributed by atoms with Gasteiger partial charge in [-0.1, -0.05) is 80.0 Å². The van der Waals surface area contributed by atoms with Crippen LogP contribution in [0, 0.1) is 0 Å². The number of rotatable bonds is 2. The Morgan fingerprint density at radius 1 is 0.895 bits per heavy atom. The van der Waals surface area contributed by atoms with Gasteiger partial charge in [0.15, 0.2) is 0 Å². The van der Waals surface area contributed by atoms with Crippen molar-refractivity contribution in [2.45, 2.75) is 37.0 Å². The molecule has 0 aromatic heterocycles. The fourth-order valence-electron chi connectivity index (χ4n) is 4.29. The SMILES string of the molecule is CC[Si]1(C2c3ccccc3-c3ccccc32)CCC1. The summed E-state index contributed by atoms with van der Waals surface area (Å²) in [4.78, 5) is 0. The molecule has 19 heavy (non-hydrogen) atoms. The van der Waals surface area contributed by atoms with Gasteiger partial charge in [0.05, 0.1) is 8.07 Å². The molecule has 2 aromatic rings. The van der Waals surface area contributed by atoms with E-state index in [1.54, 1.807) is 11.1 Å². The van der Waals surface area contributed by atoms with Gasteiger partial charge in [0, 0.05) is 5.54 Å². The topological polar surface area (TPSA) is 0 Å². The second-order valence-corrected chi connectivity index (χ2v) is 11.2. The zero-order chi connectivity index (χ0) is 12.9. The van der Waals surface area contributed by atoms with E-state index in [2.05, 4.69) is 55.5 Å². The maximum atomic E-state index is 2.44. The molecule has 4 rings (SSSR count). The molecule has 0 bridgehead atoms. The summed E-state index contributed by atoms with van der Waals surface area (Å²) in [6, 6.07) is 22.8. The van der Waals surface area contributed by atoms with Crippen molar-refractivity contribution < 1.29 is 0 Å². The third-order valence-corrected chi connectivity index (χ3v) is 11.5. The fourth-order valence-corrected chi connectivity index (χ4v) is 9.07. The minimum Gasteiger partial charge on any atom is -0.0677 e. The zero-order valence-electron chi connectivity index (χ0n) is 11.5. The summed E-state index contributed by atoms with van der Waals surface area (Å²) in [6.07, 6.45) is 1.47. The predicted octanol–water partition coefficient (Wildman–Crippen LogP) is 5.21. The van der Waals surface area contributed by atoms with Crippen molar-refractivity contribution in [3.8, 4) is 11.1 Å². The third-order valence-electron chi connectivity index (χ3n) is 5.50. The van der Waals surface area contributed by atoms with Crippen molar-refractivity contribution in [1.82, 2.24) is 0 Å². The molecular formula is C18H20Si.